The van der Waals surface area contributed by atoms with Gasteiger partial charge in [0.15, 0.2) is 5.82 Å². The number of hydrogen-bond acceptors (Lipinski definition) is 5. The molecule has 0 bridgehead atoms. The van der Waals surface area contributed by atoms with Crippen LogP contribution in [0, 0.1) is 10.1 Å². The van der Waals surface area contributed by atoms with E-state index in [2.05, 4.69) is 26.2 Å². The standard InChI is InChI=1S/C11H15BrN4O2/c1-15(2)11(8-16(17)18)13-6-5-9-3-4-10(12)14-7-9/h3-4,7-8,13H,5-6H2,1-2H3/b11-8+. The van der Waals surface area contributed by atoms with Gasteiger partial charge >= 0.3 is 0 Å². The molecule has 0 aliphatic rings. The van der Waals surface area contributed by atoms with Gasteiger partial charge in [-0.2, -0.15) is 0 Å². The van der Waals surface area contributed by atoms with Crippen molar-refractivity contribution in [3.05, 3.63) is 50.6 Å². The first kappa shape index (κ1) is 14.4. The number of nitrogens with zero attached hydrogens (tertiary/aromatic N) is 3. The molecule has 1 rings (SSSR count). The summed E-state index contributed by atoms with van der Waals surface area (Å²) in [6.07, 6.45) is 3.49. The smallest absolute Gasteiger partial charge is 0.274 e. The zero-order valence-corrected chi connectivity index (χ0v) is 11.8. The van der Waals surface area contributed by atoms with Crippen molar-refractivity contribution in [2.24, 2.45) is 0 Å². The fourth-order valence-electron chi connectivity index (χ4n) is 1.31. The van der Waals surface area contributed by atoms with Gasteiger partial charge in [-0.15, -0.1) is 0 Å². The number of nitrogens with one attached hydrogen (secondary N) is 1. The molecule has 0 atom stereocenters. The highest BCUT2D eigenvalue weighted by molar-refractivity contribution is 9.10. The van der Waals surface area contributed by atoms with Crippen LogP contribution >= 0.6 is 15.9 Å². The predicted molar refractivity (Wildman–Crippen MR) is 72.4 cm³/mol. The molecular weight excluding hydrogens is 300 g/mol. The number of halogens is 1. The van der Waals surface area contributed by atoms with Crippen LogP contribution < -0.4 is 5.32 Å². The molecule has 6 nitrogen and oxygen atoms in total. The van der Waals surface area contributed by atoms with Gasteiger partial charge in [0.05, 0.1) is 4.92 Å². The highest BCUT2D eigenvalue weighted by atomic mass is 79.9. The van der Waals surface area contributed by atoms with E-state index in [4.69, 9.17) is 0 Å². The predicted octanol–water partition coefficient (Wildman–Crippen LogP) is 1.61. The van der Waals surface area contributed by atoms with E-state index in [1.54, 1.807) is 25.2 Å². The lowest BCUT2D eigenvalue weighted by atomic mass is 10.2. The first-order valence-corrected chi connectivity index (χ1v) is 6.15. The van der Waals surface area contributed by atoms with Crippen LogP contribution in [0.15, 0.2) is 35.0 Å². The Morgan fingerprint density at radius 1 is 1.61 bits per heavy atom. The van der Waals surface area contributed by atoms with Gasteiger partial charge in [-0.25, -0.2) is 4.98 Å². The normalized spacial score (nSPS) is 11.2. The molecule has 98 valence electrons. The molecule has 0 fully saturated rings. The third-order valence-corrected chi connectivity index (χ3v) is 2.69. The van der Waals surface area contributed by atoms with E-state index in [-0.39, 0.29) is 0 Å². The summed E-state index contributed by atoms with van der Waals surface area (Å²) < 4.78 is 0.793. The van der Waals surface area contributed by atoms with Crippen molar-refractivity contribution < 1.29 is 4.92 Å². The van der Waals surface area contributed by atoms with Gasteiger partial charge < -0.3 is 10.2 Å². The van der Waals surface area contributed by atoms with Crippen molar-refractivity contribution in [2.45, 2.75) is 6.42 Å². The van der Waals surface area contributed by atoms with E-state index >= 15 is 0 Å². The minimum absolute atomic E-state index is 0.469. The lowest BCUT2D eigenvalue weighted by Crippen LogP contribution is -2.28. The Hall–Kier alpha value is -1.63. The molecule has 0 amide bonds. The maximum Gasteiger partial charge on any atom is 0.274 e. The van der Waals surface area contributed by atoms with Crippen molar-refractivity contribution in [2.75, 3.05) is 20.6 Å². The first-order chi connectivity index (χ1) is 8.49. The minimum atomic E-state index is -0.469. The topological polar surface area (TPSA) is 71.3 Å². The third-order valence-electron chi connectivity index (χ3n) is 2.22. The third kappa shape index (κ3) is 5.13. The first-order valence-electron chi connectivity index (χ1n) is 5.36. The minimum Gasteiger partial charge on any atom is -0.366 e. The lowest BCUT2D eigenvalue weighted by molar-refractivity contribution is -0.404. The number of aromatic nitrogens is 1. The Labute approximate surface area is 114 Å². The number of nitro groups is 1. The molecule has 0 saturated carbocycles. The van der Waals surface area contributed by atoms with E-state index in [1.165, 1.54) is 0 Å². The molecule has 0 aliphatic heterocycles. The second-order valence-electron chi connectivity index (χ2n) is 3.86. The molecule has 0 aromatic carbocycles. The van der Waals surface area contributed by atoms with E-state index in [1.807, 2.05) is 12.1 Å². The average Bonchev–Trinajstić information content (AvgIpc) is 2.29. The highest BCUT2D eigenvalue weighted by Gasteiger charge is 2.04. The number of hydrogen-bond donors (Lipinski definition) is 1. The Morgan fingerprint density at radius 3 is 2.83 bits per heavy atom. The Bertz CT molecular complexity index is 431. The van der Waals surface area contributed by atoms with Crippen LogP contribution in [-0.2, 0) is 6.42 Å². The summed E-state index contributed by atoms with van der Waals surface area (Å²) in [4.78, 5) is 15.7. The van der Waals surface area contributed by atoms with E-state index in [0.29, 0.717) is 12.4 Å². The fraction of sp³-hybridized carbons (Fsp3) is 0.364. The maximum atomic E-state index is 10.4. The molecule has 1 heterocycles. The van der Waals surface area contributed by atoms with E-state index < -0.39 is 4.92 Å². The van der Waals surface area contributed by atoms with Crippen molar-refractivity contribution in [1.82, 2.24) is 15.2 Å². The molecule has 0 unspecified atom stereocenters. The van der Waals surface area contributed by atoms with Gasteiger partial charge in [0, 0.05) is 26.8 Å². The molecule has 1 N–H and O–H groups in total. The number of rotatable bonds is 6. The van der Waals surface area contributed by atoms with Crippen LogP contribution in [-0.4, -0.2) is 35.4 Å². The van der Waals surface area contributed by atoms with Gasteiger partial charge in [0.2, 0.25) is 0 Å². The van der Waals surface area contributed by atoms with Crippen molar-refractivity contribution >= 4 is 15.9 Å². The fourth-order valence-corrected chi connectivity index (χ4v) is 1.54. The van der Waals surface area contributed by atoms with Crippen molar-refractivity contribution in [1.29, 1.82) is 0 Å². The summed E-state index contributed by atoms with van der Waals surface area (Å²) in [6.45, 7) is 0.612. The second kappa shape index (κ2) is 6.95. The van der Waals surface area contributed by atoms with Crippen molar-refractivity contribution in [3.8, 4) is 0 Å². The van der Waals surface area contributed by atoms with E-state index in [0.717, 1.165) is 22.8 Å². The molecule has 7 heteroatoms. The summed E-state index contributed by atoms with van der Waals surface area (Å²) in [7, 11) is 3.51. The monoisotopic (exact) mass is 314 g/mol. The Kier molecular flexibility index (Phi) is 5.57. The van der Waals surface area contributed by atoms with Crippen LogP contribution in [0.4, 0.5) is 0 Å². The average molecular weight is 315 g/mol. The summed E-state index contributed by atoms with van der Waals surface area (Å²) in [5, 5.41) is 13.5. The van der Waals surface area contributed by atoms with Crippen LogP contribution in [0.1, 0.15) is 5.56 Å². The maximum absolute atomic E-state index is 10.4. The SMILES string of the molecule is CN(C)/C(=C/[N+](=O)[O-])NCCc1ccc(Br)nc1. The molecule has 0 spiro atoms. The van der Waals surface area contributed by atoms with Crippen LogP contribution in [0.3, 0.4) is 0 Å². The lowest BCUT2D eigenvalue weighted by Gasteiger charge is -2.16. The van der Waals surface area contributed by atoms with Crippen LogP contribution in [0.2, 0.25) is 0 Å². The van der Waals surface area contributed by atoms with Gasteiger partial charge in [-0.05, 0) is 34.0 Å². The van der Waals surface area contributed by atoms with Gasteiger partial charge in [-0.1, -0.05) is 6.07 Å². The summed E-state index contributed by atoms with van der Waals surface area (Å²) in [5.41, 5.74) is 1.07. The molecule has 18 heavy (non-hydrogen) atoms. The van der Waals surface area contributed by atoms with E-state index in [9.17, 15) is 10.1 Å². The largest absolute Gasteiger partial charge is 0.366 e. The molecule has 0 radical (unpaired) electrons. The summed E-state index contributed by atoms with van der Waals surface area (Å²) in [5.74, 6) is 0.477. The van der Waals surface area contributed by atoms with Gasteiger partial charge in [-0.3, -0.25) is 10.1 Å². The zero-order valence-electron chi connectivity index (χ0n) is 10.3. The molecular formula is C11H15BrN4O2. The van der Waals surface area contributed by atoms with Crippen molar-refractivity contribution in [3.63, 3.8) is 0 Å². The van der Waals surface area contributed by atoms with Gasteiger partial charge in [0.1, 0.15) is 4.60 Å². The quantitative estimate of drug-likeness (QED) is 0.491. The van der Waals surface area contributed by atoms with Crippen LogP contribution in [0.5, 0.6) is 0 Å². The Balaban J connectivity index is 2.49. The molecule has 0 aliphatic carbocycles. The molecule has 0 saturated heterocycles. The van der Waals surface area contributed by atoms with Gasteiger partial charge in [0.25, 0.3) is 6.20 Å². The summed E-state index contributed by atoms with van der Waals surface area (Å²) in [6, 6.07) is 3.83. The zero-order chi connectivity index (χ0) is 13.5. The highest BCUT2D eigenvalue weighted by Crippen LogP contribution is 2.06. The Morgan fingerprint density at radius 2 is 2.33 bits per heavy atom. The molecule has 1 aromatic heterocycles. The van der Waals surface area contributed by atoms with Crippen LogP contribution in [0.25, 0.3) is 0 Å². The second-order valence-corrected chi connectivity index (χ2v) is 4.67. The summed E-state index contributed by atoms with van der Waals surface area (Å²) >= 11 is 3.27. The molecule has 1 aromatic rings. The number of pyridine rings is 1.